The van der Waals surface area contributed by atoms with Gasteiger partial charge in [-0.3, -0.25) is 14.9 Å². The molecule has 0 saturated carbocycles. The number of esters is 2. The summed E-state index contributed by atoms with van der Waals surface area (Å²) in [6.07, 6.45) is 1.97. The largest absolute Gasteiger partial charge is 0.468 e. The second-order valence-corrected chi connectivity index (χ2v) is 4.22. The van der Waals surface area contributed by atoms with E-state index in [2.05, 4.69) is 5.32 Å². The first-order valence-electron chi connectivity index (χ1n) is 5.11. The van der Waals surface area contributed by atoms with Gasteiger partial charge in [0, 0.05) is 19.4 Å². The summed E-state index contributed by atoms with van der Waals surface area (Å²) >= 11 is 0. The first-order valence-corrected chi connectivity index (χ1v) is 5.11. The van der Waals surface area contributed by atoms with Crippen molar-refractivity contribution in [2.24, 2.45) is 0 Å². The Morgan fingerprint density at radius 3 is 2.80 bits per heavy atom. The van der Waals surface area contributed by atoms with Gasteiger partial charge in [0.15, 0.2) is 0 Å². The van der Waals surface area contributed by atoms with Gasteiger partial charge in [-0.1, -0.05) is 0 Å². The molecule has 84 valence electrons. The molecule has 2 aliphatic rings. The van der Waals surface area contributed by atoms with Gasteiger partial charge in [-0.25, -0.2) is 0 Å². The molecule has 2 aliphatic heterocycles. The van der Waals surface area contributed by atoms with Gasteiger partial charge < -0.3 is 9.47 Å². The number of fused-ring (bicyclic) bond motifs is 2. The summed E-state index contributed by atoms with van der Waals surface area (Å²) < 4.78 is 9.92. The van der Waals surface area contributed by atoms with Crippen LogP contribution in [0, 0.1) is 0 Å². The minimum Gasteiger partial charge on any atom is -0.468 e. The third-order valence-corrected chi connectivity index (χ3v) is 3.24. The van der Waals surface area contributed by atoms with Gasteiger partial charge in [-0.2, -0.15) is 0 Å². The van der Waals surface area contributed by atoms with Crippen LogP contribution < -0.4 is 5.32 Å². The summed E-state index contributed by atoms with van der Waals surface area (Å²) in [7, 11) is 1.38. The Kier molecular flexibility index (Phi) is 2.42. The number of nitrogens with one attached hydrogen (secondary N) is 1. The molecular weight excluding hydrogens is 198 g/mol. The zero-order valence-electron chi connectivity index (χ0n) is 8.91. The molecule has 2 rings (SSSR count). The van der Waals surface area contributed by atoms with Crippen molar-refractivity contribution in [3.8, 4) is 0 Å². The highest BCUT2D eigenvalue weighted by Crippen LogP contribution is 2.39. The molecule has 5 nitrogen and oxygen atoms in total. The Morgan fingerprint density at radius 2 is 2.20 bits per heavy atom. The summed E-state index contributed by atoms with van der Waals surface area (Å²) in [5, 5.41) is 3.20. The van der Waals surface area contributed by atoms with Crippen LogP contribution >= 0.6 is 0 Å². The molecule has 0 amide bonds. The van der Waals surface area contributed by atoms with E-state index in [1.807, 2.05) is 0 Å². The number of carbonyl (C=O) groups is 2. The Balaban J connectivity index is 2.08. The molecule has 0 unspecified atom stereocenters. The Hall–Kier alpha value is -1.10. The van der Waals surface area contributed by atoms with Crippen molar-refractivity contribution in [3.63, 3.8) is 0 Å². The van der Waals surface area contributed by atoms with E-state index in [9.17, 15) is 9.59 Å². The van der Waals surface area contributed by atoms with Crippen LogP contribution in [0.4, 0.5) is 0 Å². The average Bonchev–Trinajstić information content (AvgIpc) is 2.74. The summed E-state index contributed by atoms with van der Waals surface area (Å²) in [4.78, 5) is 22.5. The number of methoxy groups -OCH3 is 1. The number of hydrogen-bond donors (Lipinski definition) is 1. The maximum atomic E-state index is 11.6. The number of ether oxygens (including phenoxy) is 2. The second kappa shape index (κ2) is 3.48. The van der Waals surface area contributed by atoms with E-state index in [0.29, 0.717) is 6.42 Å². The summed E-state index contributed by atoms with van der Waals surface area (Å²) in [5.74, 6) is -0.547. The van der Waals surface area contributed by atoms with E-state index in [-0.39, 0.29) is 24.1 Å². The van der Waals surface area contributed by atoms with E-state index in [1.165, 1.54) is 14.0 Å². The lowest BCUT2D eigenvalue weighted by atomic mass is 9.86. The third kappa shape index (κ3) is 1.61. The standard InChI is InChI=1S/C10H15NO4/c1-6(12)15-8-5-10(9(13)14-2)4-3-7(8)11-10/h7-8,11H,3-5H2,1-2H3/t7-,8+,10+/m1/s1. The van der Waals surface area contributed by atoms with Crippen LogP contribution in [0.1, 0.15) is 26.2 Å². The zero-order chi connectivity index (χ0) is 11.1. The molecule has 0 aromatic rings. The Morgan fingerprint density at radius 1 is 1.47 bits per heavy atom. The minimum atomic E-state index is -0.612. The molecule has 2 saturated heterocycles. The van der Waals surface area contributed by atoms with Gasteiger partial charge in [0.25, 0.3) is 0 Å². The van der Waals surface area contributed by atoms with E-state index < -0.39 is 5.54 Å². The van der Waals surface area contributed by atoms with Crippen LogP contribution in [0.3, 0.4) is 0 Å². The highest BCUT2D eigenvalue weighted by molar-refractivity contribution is 5.82. The van der Waals surface area contributed by atoms with Crippen LogP contribution in [-0.2, 0) is 19.1 Å². The fourth-order valence-corrected chi connectivity index (χ4v) is 2.60. The van der Waals surface area contributed by atoms with Crippen molar-refractivity contribution >= 4 is 11.9 Å². The van der Waals surface area contributed by atoms with Crippen molar-refractivity contribution in [1.82, 2.24) is 5.32 Å². The molecule has 0 aromatic carbocycles. The molecule has 2 bridgehead atoms. The molecule has 3 atom stereocenters. The fraction of sp³-hybridized carbons (Fsp3) is 0.800. The smallest absolute Gasteiger partial charge is 0.326 e. The van der Waals surface area contributed by atoms with E-state index in [1.54, 1.807) is 0 Å². The summed E-state index contributed by atoms with van der Waals surface area (Å²) in [5.41, 5.74) is -0.612. The topological polar surface area (TPSA) is 64.6 Å². The molecule has 2 fully saturated rings. The first kappa shape index (κ1) is 10.4. The van der Waals surface area contributed by atoms with Gasteiger partial charge in [-0.05, 0) is 12.8 Å². The summed E-state index contributed by atoms with van der Waals surface area (Å²) in [6, 6.07) is 0.105. The van der Waals surface area contributed by atoms with Gasteiger partial charge in [0.2, 0.25) is 0 Å². The van der Waals surface area contributed by atoms with Crippen LogP contribution in [0.2, 0.25) is 0 Å². The van der Waals surface area contributed by atoms with Crippen molar-refractivity contribution in [2.75, 3.05) is 7.11 Å². The van der Waals surface area contributed by atoms with E-state index >= 15 is 0 Å². The SMILES string of the molecule is COC(=O)[C@@]12CC[C@@H](N1)[C@@H](OC(C)=O)C2. The predicted molar refractivity (Wildman–Crippen MR) is 51.1 cm³/mol. The van der Waals surface area contributed by atoms with Gasteiger partial charge in [0.05, 0.1) is 7.11 Å². The van der Waals surface area contributed by atoms with E-state index in [0.717, 1.165) is 12.8 Å². The molecule has 2 heterocycles. The molecule has 1 N–H and O–H groups in total. The molecule has 5 heteroatoms. The highest BCUT2D eigenvalue weighted by atomic mass is 16.5. The van der Waals surface area contributed by atoms with Crippen molar-refractivity contribution in [3.05, 3.63) is 0 Å². The van der Waals surface area contributed by atoms with Gasteiger partial charge in [0.1, 0.15) is 11.6 Å². The quantitative estimate of drug-likeness (QED) is 0.653. The van der Waals surface area contributed by atoms with Crippen molar-refractivity contribution < 1.29 is 19.1 Å². The Labute approximate surface area is 88.1 Å². The summed E-state index contributed by atoms with van der Waals surface area (Å²) in [6.45, 7) is 1.39. The zero-order valence-corrected chi connectivity index (χ0v) is 8.91. The first-order chi connectivity index (χ1) is 7.07. The molecular formula is C10H15NO4. The predicted octanol–water partition coefficient (Wildman–Crippen LogP) is -0.0144. The molecule has 0 aromatic heterocycles. The maximum absolute atomic E-state index is 11.6. The molecule has 0 aliphatic carbocycles. The van der Waals surface area contributed by atoms with Crippen LogP contribution in [0.25, 0.3) is 0 Å². The van der Waals surface area contributed by atoms with Crippen LogP contribution in [-0.4, -0.2) is 36.7 Å². The fourth-order valence-electron chi connectivity index (χ4n) is 2.60. The molecule has 15 heavy (non-hydrogen) atoms. The lowest BCUT2D eigenvalue weighted by Gasteiger charge is -2.25. The minimum absolute atomic E-state index is 0.105. The number of hydrogen-bond acceptors (Lipinski definition) is 5. The van der Waals surface area contributed by atoms with Gasteiger partial charge in [-0.15, -0.1) is 0 Å². The van der Waals surface area contributed by atoms with Crippen LogP contribution in [0.5, 0.6) is 0 Å². The maximum Gasteiger partial charge on any atom is 0.326 e. The van der Waals surface area contributed by atoms with Crippen LogP contribution in [0.15, 0.2) is 0 Å². The third-order valence-electron chi connectivity index (χ3n) is 3.24. The van der Waals surface area contributed by atoms with Crippen molar-refractivity contribution in [1.29, 1.82) is 0 Å². The average molecular weight is 213 g/mol. The lowest BCUT2D eigenvalue weighted by molar-refractivity contribution is -0.152. The number of rotatable bonds is 2. The van der Waals surface area contributed by atoms with E-state index in [4.69, 9.17) is 9.47 Å². The molecule has 0 spiro atoms. The normalized spacial score (nSPS) is 37.7. The molecule has 0 radical (unpaired) electrons. The Bertz CT molecular complexity index is 304. The number of carbonyl (C=O) groups excluding carboxylic acids is 2. The van der Waals surface area contributed by atoms with Crippen molar-refractivity contribution in [2.45, 2.75) is 43.9 Å². The lowest BCUT2D eigenvalue weighted by Crippen LogP contribution is -2.45. The second-order valence-electron chi connectivity index (χ2n) is 4.22. The highest BCUT2D eigenvalue weighted by Gasteiger charge is 2.56. The monoisotopic (exact) mass is 213 g/mol. The van der Waals surface area contributed by atoms with Gasteiger partial charge >= 0.3 is 11.9 Å².